The van der Waals surface area contributed by atoms with Crippen molar-refractivity contribution in [2.45, 2.75) is 63.3 Å². The molecule has 0 N–H and O–H groups in total. The average molecular weight is 517 g/mol. The molecule has 3 fully saturated rings. The molecule has 3 saturated heterocycles. The first kappa shape index (κ1) is 26.7. The van der Waals surface area contributed by atoms with Crippen LogP contribution in [0.3, 0.4) is 0 Å². The third-order valence-corrected chi connectivity index (χ3v) is 7.50. The summed E-state index contributed by atoms with van der Waals surface area (Å²) in [4.78, 5) is 0. The van der Waals surface area contributed by atoms with Crippen molar-refractivity contribution >= 4 is 0 Å². The molecular weight excluding hydrogens is 476 g/mol. The van der Waals surface area contributed by atoms with Crippen LogP contribution in [0.5, 0.6) is 11.5 Å². The van der Waals surface area contributed by atoms with Crippen molar-refractivity contribution < 1.29 is 23.7 Å². The number of benzene rings is 2. The highest BCUT2D eigenvalue weighted by Crippen LogP contribution is 2.41. The predicted octanol–water partition coefficient (Wildman–Crippen LogP) is 5.69. The molecule has 3 unspecified atom stereocenters. The van der Waals surface area contributed by atoms with Crippen LogP contribution in [0.25, 0.3) is 0 Å². The Balaban J connectivity index is 1.55. The fraction of sp³-hybridized carbons (Fsp3) is 0.455. The second kappa shape index (κ2) is 11.5. The van der Waals surface area contributed by atoms with Gasteiger partial charge in [0, 0.05) is 11.8 Å². The number of hydrogen-bond donors (Lipinski definition) is 0. The van der Waals surface area contributed by atoms with E-state index in [1.807, 2.05) is 18.2 Å². The van der Waals surface area contributed by atoms with Gasteiger partial charge in [0.25, 0.3) is 0 Å². The molecule has 0 aliphatic carbocycles. The van der Waals surface area contributed by atoms with E-state index in [4.69, 9.17) is 23.7 Å². The number of rotatable bonds is 16. The molecule has 5 heteroatoms. The van der Waals surface area contributed by atoms with Gasteiger partial charge in [0.05, 0.1) is 25.9 Å². The number of allylic oxidation sites excluding steroid dienone is 3. The van der Waals surface area contributed by atoms with E-state index in [1.54, 1.807) is 0 Å². The SMILES string of the molecule is C=CCc1cc(C(C)(C)c2cc(CC=C)c(OCC3CO3)c(CC3CO3)c2)cc(CC=C)c1OCC1CO1. The fourth-order valence-corrected chi connectivity index (χ4v) is 4.95. The van der Waals surface area contributed by atoms with Crippen LogP contribution >= 0.6 is 0 Å². The van der Waals surface area contributed by atoms with E-state index < -0.39 is 0 Å². The van der Waals surface area contributed by atoms with Crippen molar-refractivity contribution in [1.82, 2.24) is 0 Å². The number of epoxide rings is 3. The molecule has 0 bridgehead atoms. The van der Waals surface area contributed by atoms with Crippen LogP contribution in [0.4, 0.5) is 0 Å². The van der Waals surface area contributed by atoms with Crippen LogP contribution in [0.2, 0.25) is 0 Å². The van der Waals surface area contributed by atoms with E-state index in [0.717, 1.165) is 73.7 Å². The maximum Gasteiger partial charge on any atom is 0.126 e. The molecule has 202 valence electrons. The average Bonchev–Trinajstić information content (AvgIpc) is 3.73. The first-order valence-corrected chi connectivity index (χ1v) is 13.7. The van der Waals surface area contributed by atoms with Gasteiger partial charge in [-0.25, -0.2) is 0 Å². The van der Waals surface area contributed by atoms with Gasteiger partial charge in [-0.15, -0.1) is 19.7 Å². The molecule has 0 spiro atoms. The zero-order valence-corrected chi connectivity index (χ0v) is 22.8. The maximum absolute atomic E-state index is 6.34. The smallest absolute Gasteiger partial charge is 0.126 e. The van der Waals surface area contributed by atoms with Crippen LogP contribution < -0.4 is 9.47 Å². The summed E-state index contributed by atoms with van der Waals surface area (Å²) < 4.78 is 29.0. The highest BCUT2D eigenvalue weighted by Gasteiger charge is 2.32. The Morgan fingerprint density at radius 3 is 1.42 bits per heavy atom. The van der Waals surface area contributed by atoms with E-state index in [9.17, 15) is 0 Å². The lowest BCUT2D eigenvalue weighted by Crippen LogP contribution is -2.22. The van der Waals surface area contributed by atoms with Gasteiger partial charge in [-0.05, 0) is 52.6 Å². The van der Waals surface area contributed by atoms with Gasteiger partial charge in [-0.1, -0.05) is 56.3 Å². The standard InChI is InChI=1S/C33H40O5/c1-6-9-22-12-26(13-23(10-7-2)31(22)37-20-29-18-35-29)33(4,5)27-14-24(11-8-3)32(38-21-30-19-36-30)25(15-27)16-28-17-34-28/h6-8,12-15,28-30H,1-3,9-11,16-21H2,4-5H3. The summed E-state index contributed by atoms with van der Waals surface area (Å²) in [7, 11) is 0. The first-order chi connectivity index (χ1) is 18.4. The Bertz CT molecular complexity index is 1150. The third kappa shape index (κ3) is 6.40. The van der Waals surface area contributed by atoms with Crippen molar-refractivity contribution in [3.63, 3.8) is 0 Å². The Morgan fingerprint density at radius 1 is 0.684 bits per heavy atom. The van der Waals surface area contributed by atoms with Crippen molar-refractivity contribution in [1.29, 1.82) is 0 Å². The van der Waals surface area contributed by atoms with Crippen LogP contribution in [0, 0.1) is 0 Å². The number of ether oxygens (including phenoxy) is 5. The van der Waals surface area contributed by atoms with Crippen molar-refractivity contribution in [2.75, 3.05) is 33.0 Å². The van der Waals surface area contributed by atoms with Crippen LogP contribution in [-0.2, 0) is 45.3 Å². The minimum atomic E-state index is -0.267. The zero-order chi connectivity index (χ0) is 26.7. The third-order valence-electron chi connectivity index (χ3n) is 7.50. The summed E-state index contributed by atoms with van der Waals surface area (Å²) in [6, 6.07) is 9.16. The van der Waals surface area contributed by atoms with Gasteiger partial charge >= 0.3 is 0 Å². The molecule has 2 aromatic rings. The lowest BCUT2D eigenvalue weighted by atomic mass is 9.75. The summed E-state index contributed by atoms with van der Waals surface area (Å²) in [5, 5.41) is 0. The summed E-state index contributed by atoms with van der Waals surface area (Å²) >= 11 is 0. The van der Waals surface area contributed by atoms with Gasteiger partial charge in [-0.2, -0.15) is 0 Å². The molecule has 3 aliphatic heterocycles. The lowest BCUT2D eigenvalue weighted by molar-refractivity contribution is 0.258. The molecule has 3 atom stereocenters. The Kier molecular flexibility index (Phi) is 8.08. The monoisotopic (exact) mass is 516 g/mol. The molecule has 0 aromatic heterocycles. The molecule has 5 nitrogen and oxygen atoms in total. The second-order valence-corrected chi connectivity index (χ2v) is 11.0. The first-order valence-electron chi connectivity index (χ1n) is 13.7. The minimum absolute atomic E-state index is 0.198. The van der Waals surface area contributed by atoms with E-state index in [-0.39, 0.29) is 23.7 Å². The largest absolute Gasteiger partial charge is 0.490 e. The molecular formula is C33H40O5. The summed E-state index contributed by atoms with van der Waals surface area (Å²) in [6.07, 6.45) is 9.53. The minimum Gasteiger partial charge on any atom is -0.490 e. The summed E-state index contributed by atoms with van der Waals surface area (Å²) in [5.74, 6) is 1.89. The van der Waals surface area contributed by atoms with E-state index in [2.05, 4.69) is 57.8 Å². The normalized spacial score (nSPS) is 21.5. The van der Waals surface area contributed by atoms with E-state index >= 15 is 0 Å². The van der Waals surface area contributed by atoms with Gasteiger partial charge in [-0.3, -0.25) is 0 Å². The molecule has 5 rings (SSSR count). The Morgan fingerprint density at radius 2 is 1.05 bits per heavy atom. The van der Waals surface area contributed by atoms with Gasteiger partial charge in [0.1, 0.15) is 36.9 Å². The van der Waals surface area contributed by atoms with E-state index in [1.165, 1.54) is 16.7 Å². The molecule has 3 aliphatic rings. The van der Waals surface area contributed by atoms with Crippen molar-refractivity contribution in [2.24, 2.45) is 0 Å². The number of hydrogen-bond acceptors (Lipinski definition) is 5. The summed E-state index contributed by atoms with van der Waals surface area (Å²) in [6.45, 7) is 20.1. The Labute approximate surface area is 227 Å². The molecule has 0 radical (unpaired) electrons. The van der Waals surface area contributed by atoms with Crippen LogP contribution in [0.1, 0.15) is 47.2 Å². The molecule has 3 heterocycles. The maximum atomic E-state index is 6.34. The summed E-state index contributed by atoms with van der Waals surface area (Å²) in [5.41, 5.74) is 6.85. The highest BCUT2D eigenvalue weighted by molar-refractivity contribution is 5.54. The fourth-order valence-electron chi connectivity index (χ4n) is 4.95. The lowest BCUT2D eigenvalue weighted by Gasteiger charge is -2.30. The highest BCUT2D eigenvalue weighted by atomic mass is 16.6. The zero-order valence-electron chi connectivity index (χ0n) is 22.8. The topological polar surface area (TPSA) is 56.0 Å². The van der Waals surface area contributed by atoms with Gasteiger partial charge in [0.15, 0.2) is 0 Å². The quantitative estimate of drug-likeness (QED) is 0.212. The van der Waals surface area contributed by atoms with Crippen LogP contribution in [-0.4, -0.2) is 51.3 Å². The predicted molar refractivity (Wildman–Crippen MR) is 151 cm³/mol. The molecule has 0 amide bonds. The van der Waals surface area contributed by atoms with Crippen molar-refractivity contribution in [3.8, 4) is 11.5 Å². The van der Waals surface area contributed by atoms with Crippen molar-refractivity contribution in [3.05, 3.63) is 95.6 Å². The molecule has 2 aromatic carbocycles. The second-order valence-electron chi connectivity index (χ2n) is 11.0. The van der Waals surface area contributed by atoms with Crippen LogP contribution in [0.15, 0.2) is 62.2 Å². The molecule has 38 heavy (non-hydrogen) atoms. The van der Waals surface area contributed by atoms with Gasteiger partial charge in [0.2, 0.25) is 0 Å². The molecule has 0 saturated carbocycles. The van der Waals surface area contributed by atoms with E-state index in [0.29, 0.717) is 13.2 Å². The van der Waals surface area contributed by atoms with Gasteiger partial charge < -0.3 is 23.7 Å². The Hall–Kier alpha value is -2.86.